The molecule has 2 rings (SSSR count). The fourth-order valence-electron chi connectivity index (χ4n) is 1.82. The second-order valence-corrected chi connectivity index (χ2v) is 5.18. The van der Waals surface area contributed by atoms with Crippen LogP contribution in [0.5, 0.6) is 0 Å². The van der Waals surface area contributed by atoms with Gasteiger partial charge in [0, 0.05) is 11.3 Å². The summed E-state index contributed by atoms with van der Waals surface area (Å²) in [6.07, 6.45) is -3.34. The summed E-state index contributed by atoms with van der Waals surface area (Å²) in [6, 6.07) is 12.7. The molecule has 23 heavy (non-hydrogen) atoms. The Hall–Kier alpha value is -2.41. The van der Waals surface area contributed by atoms with Crippen molar-refractivity contribution in [1.82, 2.24) is 5.43 Å². The van der Waals surface area contributed by atoms with E-state index in [4.69, 9.17) is 12.2 Å². The number of benzene rings is 2. The number of hydrogen-bond donors (Lipinski definition) is 2. The van der Waals surface area contributed by atoms with E-state index in [1.807, 2.05) is 31.2 Å². The number of nitrogens with one attached hydrogen (secondary N) is 2. The van der Waals surface area contributed by atoms with E-state index in [2.05, 4.69) is 15.8 Å². The fraction of sp³-hybridized carbons (Fsp3) is 0.125. The number of halogens is 3. The van der Waals surface area contributed by atoms with Gasteiger partial charge in [-0.2, -0.15) is 18.3 Å². The van der Waals surface area contributed by atoms with E-state index in [-0.39, 0.29) is 10.7 Å². The van der Waals surface area contributed by atoms with Gasteiger partial charge in [-0.15, -0.1) is 0 Å². The zero-order valence-electron chi connectivity index (χ0n) is 12.2. The third-order valence-corrected chi connectivity index (χ3v) is 3.14. The van der Waals surface area contributed by atoms with Gasteiger partial charge in [-0.1, -0.05) is 35.9 Å². The van der Waals surface area contributed by atoms with Crippen molar-refractivity contribution in [3.8, 4) is 0 Å². The normalized spacial score (nSPS) is 11.5. The van der Waals surface area contributed by atoms with Crippen LogP contribution in [0, 0.1) is 6.92 Å². The van der Waals surface area contributed by atoms with Gasteiger partial charge in [0.1, 0.15) is 0 Å². The summed E-state index contributed by atoms with van der Waals surface area (Å²) in [5, 5.41) is 6.82. The molecule has 0 fully saturated rings. The lowest BCUT2D eigenvalue weighted by Crippen LogP contribution is -2.24. The Morgan fingerprint density at radius 2 is 1.74 bits per heavy atom. The third-order valence-electron chi connectivity index (χ3n) is 2.95. The summed E-state index contributed by atoms with van der Waals surface area (Å²) in [5.74, 6) is 0. The Kier molecular flexibility index (Phi) is 5.33. The van der Waals surface area contributed by atoms with Crippen LogP contribution < -0.4 is 10.7 Å². The van der Waals surface area contributed by atoms with E-state index in [1.165, 1.54) is 18.2 Å². The Morgan fingerprint density at radius 3 is 2.39 bits per heavy atom. The lowest BCUT2D eigenvalue weighted by Gasteiger charge is -2.10. The van der Waals surface area contributed by atoms with Crippen molar-refractivity contribution < 1.29 is 13.2 Å². The van der Waals surface area contributed by atoms with Crippen molar-refractivity contribution in [3.05, 3.63) is 65.2 Å². The molecule has 2 aromatic rings. The van der Waals surface area contributed by atoms with Crippen LogP contribution >= 0.6 is 12.2 Å². The van der Waals surface area contributed by atoms with Gasteiger partial charge in [0.2, 0.25) is 0 Å². The Bertz CT molecular complexity index is 709. The molecule has 7 heteroatoms. The molecule has 0 bridgehead atoms. The van der Waals surface area contributed by atoms with Crippen molar-refractivity contribution in [2.24, 2.45) is 5.10 Å². The number of alkyl halides is 3. The molecular weight excluding hydrogens is 323 g/mol. The minimum absolute atomic E-state index is 0.0364. The number of nitrogens with zero attached hydrogens (tertiary/aromatic N) is 1. The summed E-state index contributed by atoms with van der Waals surface area (Å²) in [7, 11) is 0. The fourth-order valence-corrected chi connectivity index (χ4v) is 1.99. The number of thiocarbonyl (C=S) groups is 1. The molecule has 2 N–H and O–H groups in total. The SMILES string of the molecule is Cc1ccc(NC(=S)NN=Cc2ccccc2C(F)(F)F)cc1. The standard InChI is InChI=1S/C16H14F3N3S/c1-11-6-8-13(9-7-11)21-15(23)22-20-10-12-4-2-3-5-14(12)16(17,18)19/h2-10H,1H3,(H2,21,22,23). The maximum absolute atomic E-state index is 12.8. The first-order valence-corrected chi connectivity index (χ1v) is 7.10. The first kappa shape index (κ1) is 17.0. The Balaban J connectivity index is 1.99. The van der Waals surface area contributed by atoms with E-state index in [0.717, 1.165) is 23.5 Å². The summed E-state index contributed by atoms with van der Waals surface area (Å²) in [4.78, 5) is 0. The highest BCUT2D eigenvalue weighted by Crippen LogP contribution is 2.30. The largest absolute Gasteiger partial charge is 0.417 e. The van der Waals surface area contributed by atoms with Gasteiger partial charge >= 0.3 is 6.18 Å². The lowest BCUT2D eigenvalue weighted by molar-refractivity contribution is -0.137. The quantitative estimate of drug-likeness (QED) is 0.497. The van der Waals surface area contributed by atoms with Crippen LogP contribution in [0.25, 0.3) is 0 Å². The topological polar surface area (TPSA) is 36.4 Å². The molecule has 0 aromatic heterocycles. The van der Waals surface area contributed by atoms with E-state index in [1.54, 1.807) is 0 Å². The molecule has 0 spiro atoms. The summed E-state index contributed by atoms with van der Waals surface area (Å²) >= 11 is 5.03. The molecule has 3 nitrogen and oxygen atoms in total. The van der Waals surface area contributed by atoms with Crippen LogP contribution in [0.3, 0.4) is 0 Å². The Morgan fingerprint density at radius 1 is 1.09 bits per heavy atom. The van der Waals surface area contributed by atoms with Crippen LogP contribution in [0.15, 0.2) is 53.6 Å². The van der Waals surface area contributed by atoms with E-state index >= 15 is 0 Å². The van der Waals surface area contributed by atoms with Crippen molar-refractivity contribution >= 4 is 29.2 Å². The molecular formula is C16H14F3N3S. The molecule has 0 saturated carbocycles. The molecule has 0 aliphatic heterocycles. The summed E-state index contributed by atoms with van der Waals surface area (Å²) in [6.45, 7) is 1.96. The van der Waals surface area contributed by atoms with E-state index < -0.39 is 11.7 Å². The molecule has 120 valence electrons. The second kappa shape index (κ2) is 7.23. The predicted molar refractivity (Wildman–Crippen MR) is 89.6 cm³/mol. The molecule has 0 unspecified atom stereocenters. The second-order valence-electron chi connectivity index (χ2n) is 4.78. The average molecular weight is 337 g/mol. The monoisotopic (exact) mass is 337 g/mol. The van der Waals surface area contributed by atoms with Gasteiger partial charge in [-0.05, 0) is 37.3 Å². The van der Waals surface area contributed by atoms with Crippen LogP contribution in [0.4, 0.5) is 18.9 Å². The molecule has 0 atom stereocenters. The van der Waals surface area contributed by atoms with Crippen molar-refractivity contribution in [3.63, 3.8) is 0 Å². The van der Waals surface area contributed by atoms with Crippen LogP contribution in [0.2, 0.25) is 0 Å². The maximum atomic E-state index is 12.8. The van der Waals surface area contributed by atoms with Crippen molar-refractivity contribution in [2.45, 2.75) is 13.1 Å². The average Bonchev–Trinajstić information content (AvgIpc) is 2.49. The third kappa shape index (κ3) is 5.07. The van der Waals surface area contributed by atoms with Crippen LogP contribution in [0.1, 0.15) is 16.7 Å². The molecule has 0 saturated heterocycles. The smallest absolute Gasteiger partial charge is 0.331 e. The van der Waals surface area contributed by atoms with Gasteiger partial charge in [-0.25, -0.2) is 0 Å². The van der Waals surface area contributed by atoms with Crippen LogP contribution in [-0.4, -0.2) is 11.3 Å². The molecule has 0 heterocycles. The molecule has 0 radical (unpaired) electrons. The summed E-state index contributed by atoms with van der Waals surface area (Å²) in [5.41, 5.74) is 3.58. The highest BCUT2D eigenvalue weighted by Gasteiger charge is 2.32. The first-order valence-electron chi connectivity index (χ1n) is 6.69. The highest BCUT2D eigenvalue weighted by atomic mass is 32.1. The zero-order valence-corrected chi connectivity index (χ0v) is 13.0. The van der Waals surface area contributed by atoms with Crippen molar-refractivity contribution in [2.75, 3.05) is 5.32 Å². The lowest BCUT2D eigenvalue weighted by atomic mass is 10.1. The van der Waals surface area contributed by atoms with E-state index in [9.17, 15) is 13.2 Å². The van der Waals surface area contributed by atoms with Crippen molar-refractivity contribution in [1.29, 1.82) is 0 Å². The minimum Gasteiger partial charge on any atom is -0.331 e. The predicted octanol–water partition coefficient (Wildman–Crippen LogP) is 4.33. The first-order chi connectivity index (χ1) is 10.9. The number of hydrogen-bond acceptors (Lipinski definition) is 2. The number of hydrazone groups is 1. The highest BCUT2D eigenvalue weighted by molar-refractivity contribution is 7.80. The molecule has 0 aliphatic rings. The number of aryl methyl sites for hydroxylation is 1. The summed E-state index contributed by atoms with van der Waals surface area (Å²) < 4.78 is 38.5. The maximum Gasteiger partial charge on any atom is 0.417 e. The van der Waals surface area contributed by atoms with Gasteiger partial charge in [0.05, 0.1) is 11.8 Å². The van der Waals surface area contributed by atoms with Gasteiger partial charge in [0.15, 0.2) is 5.11 Å². The number of rotatable bonds is 3. The van der Waals surface area contributed by atoms with E-state index in [0.29, 0.717) is 0 Å². The molecule has 0 aliphatic carbocycles. The van der Waals surface area contributed by atoms with Gasteiger partial charge in [-0.3, -0.25) is 5.43 Å². The van der Waals surface area contributed by atoms with Gasteiger partial charge in [0.25, 0.3) is 0 Å². The Labute approximate surface area is 137 Å². The molecule has 2 aromatic carbocycles. The van der Waals surface area contributed by atoms with Crippen LogP contribution in [-0.2, 0) is 6.18 Å². The molecule has 0 amide bonds. The zero-order chi connectivity index (χ0) is 16.9. The van der Waals surface area contributed by atoms with Gasteiger partial charge < -0.3 is 5.32 Å². The number of anilines is 1. The minimum atomic E-state index is -4.43.